The van der Waals surface area contributed by atoms with Crippen LogP contribution in [-0.2, 0) is 16.0 Å². The normalized spacial score (nSPS) is 9.50. The second-order valence-electron chi connectivity index (χ2n) is 2.65. The fraction of sp³-hybridized carbons (Fsp3) is 0.250. The Morgan fingerprint density at radius 2 is 2.29 bits per heavy atom. The van der Waals surface area contributed by atoms with Crippen LogP contribution in [0, 0.1) is 0 Å². The molecule has 1 aromatic rings. The second kappa shape index (κ2) is 4.31. The molecule has 0 saturated heterocycles. The summed E-state index contributed by atoms with van der Waals surface area (Å²) >= 11 is 0. The summed E-state index contributed by atoms with van der Waals surface area (Å²) in [6, 6.07) is 0. The van der Waals surface area contributed by atoms with Gasteiger partial charge in [0.1, 0.15) is 12.1 Å². The number of nitrogens with one attached hydrogen (secondary N) is 1. The van der Waals surface area contributed by atoms with Gasteiger partial charge >= 0.3 is 5.97 Å². The Morgan fingerprint density at radius 3 is 2.86 bits per heavy atom. The number of carboxylic acids is 1. The van der Waals surface area contributed by atoms with Crippen molar-refractivity contribution in [2.45, 2.75) is 13.3 Å². The van der Waals surface area contributed by atoms with Gasteiger partial charge in [-0.1, -0.05) is 0 Å². The van der Waals surface area contributed by atoms with Crippen LogP contribution >= 0.6 is 0 Å². The van der Waals surface area contributed by atoms with Crippen LogP contribution in [-0.4, -0.2) is 27.0 Å². The lowest BCUT2D eigenvalue weighted by atomic mass is 10.2. The van der Waals surface area contributed by atoms with Gasteiger partial charge < -0.3 is 10.4 Å². The number of hydrogen-bond acceptors (Lipinski definition) is 4. The summed E-state index contributed by atoms with van der Waals surface area (Å²) < 4.78 is 0. The zero-order chi connectivity index (χ0) is 10.6. The molecule has 6 nitrogen and oxygen atoms in total. The molecule has 0 unspecified atom stereocenters. The van der Waals surface area contributed by atoms with Gasteiger partial charge in [0, 0.05) is 18.7 Å². The van der Waals surface area contributed by atoms with Gasteiger partial charge in [0.05, 0.1) is 6.42 Å². The summed E-state index contributed by atoms with van der Waals surface area (Å²) in [6.45, 7) is 1.33. The standard InChI is InChI=1S/C8H9N3O3/c1-5(12)11-8-6(2-7(13)14)3-9-4-10-8/h3-4H,2H2,1H3,(H,13,14)(H,9,10,11,12). The van der Waals surface area contributed by atoms with Crippen LogP contribution in [0.5, 0.6) is 0 Å². The number of carbonyl (C=O) groups is 2. The zero-order valence-electron chi connectivity index (χ0n) is 7.52. The van der Waals surface area contributed by atoms with Gasteiger partial charge in [-0.25, -0.2) is 9.97 Å². The summed E-state index contributed by atoms with van der Waals surface area (Å²) in [6.07, 6.45) is 2.40. The highest BCUT2D eigenvalue weighted by Crippen LogP contribution is 2.10. The highest BCUT2D eigenvalue weighted by atomic mass is 16.4. The molecule has 74 valence electrons. The van der Waals surface area contributed by atoms with E-state index >= 15 is 0 Å². The van der Waals surface area contributed by atoms with E-state index in [2.05, 4.69) is 15.3 Å². The minimum absolute atomic E-state index is 0.212. The first kappa shape index (κ1) is 10.1. The molecule has 0 atom stereocenters. The minimum Gasteiger partial charge on any atom is -0.481 e. The maximum atomic E-state index is 10.7. The van der Waals surface area contributed by atoms with E-state index in [4.69, 9.17) is 5.11 Å². The number of hydrogen-bond donors (Lipinski definition) is 2. The van der Waals surface area contributed by atoms with Gasteiger partial charge in [-0.15, -0.1) is 0 Å². The average molecular weight is 195 g/mol. The first-order valence-corrected chi connectivity index (χ1v) is 3.88. The number of aliphatic carboxylic acids is 1. The molecule has 0 aromatic carbocycles. The predicted octanol–water partition coefficient (Wildman–Crippen LogP) is 0.0621. The molecule has 0 fully saturated rings. The molecule has 1 aromatic heterocycles. The first-order chi connectivity index (χ1) is 6.59. The van der Waals surface area contributed by atoms with E-state index in [0.717, 1.165) is 0 Å². The van der Waals surface area contributed by atoms with Crippen molar-refractivity contribution in [3.05, 3.63) is 18.1 Å². The lowest BCUT2D eigenvalue weighted by molar-refractivity contribution is -0.136. The topological polar surface area (TPSA) is 92.2 Å². The Hall–Kier alpha value is -1.98. The molecule has 0 spiro atoms. The number of nitrogens with zero attached hydrogens (tertiary/aromatic N) is 2. The molecule has 0 radical (unpaired) electrons. The maximum absolute atomic E-state index is 10.7. The predicted molar refractivity (Wildman–Crippen MR) is 47.7 cm³/mol. The highest BCUT2D eigenvalue weighted by molar-refractivity contribution is 5.89. The molecule has 1 rings (SSSR count). The molecular weight excluding hydrogens is 186 g/mol. The molecule has 1 heterocycles. The molecule has 0 aliphatic carbocycles. The Bertz CT molecular complexity index is 330. The molecule has 2 N–H and O–H groups in total. The summed E-state index contributed by atoms with van der Waals surface area (Å²) in [7, 11) is 0. The van der Waals surface area contributed by atoms with Crippen molar-refractivity contribution in [1.29, 1.82) is 0 Å². The quantitative estimate of drug-likeness (QED) is 0.711. The molecule has 6 heteroatoms. The largest absolute Gasteiger partial charge is 0.481 e. The molecule has 1 amide bonds. The monoisotopic (exact) mass is 195 g/mol. The summed E-state index contributed by atoms with van der Waals surface area (Å²) in [5.41, 5.74) is 0.384. The van der Waals surface area contributed by atoms with Crippen molar-refractivity contribution in [2.75, 3.05) is 5.32 Å². The third-order valence-corrected chi connectivity index (χ3v) is 1.42. The van der Waals surface area contributed by atoms with Crippen molar-refractivity contribution in [1.82, 2.24) is 9.97 Å². The third-order valence-electron chi connectivity index (χ3n) is 1.42. The van der Waals surface area contributed by atoms with E-state index in [1.54, 1.807) is 0 Å². The minimum atomic E-state index is -0.994. The lowest BCUT2D eigenvalue weighted by Crippen LogP contribution is -2.12. The highest BCUT2D eigenvalue weighted by Gasteiger charge is 2.08. The zero-order valence-corrected chi connectivity index (χ0v) is 7.52. The number of rotatable bonds is 3. The Labute approximate surface area is 80.0 Å². The fourth-order valence-electron chi connectivity index (χ4n) is 0.930. The van der Waals surface area contributed by atoms with E-state index in [1.807, 2.05) is 0 Å². The summed E-state index contributed by atoms with van der Waals surface area (Å²) in [5, 5.41) is 11.0. The fourth-order valence-corrected chi connectivity index (χ4v) is 0.930. The Kier molecular flexibility index (Phi) is 3.11. The van der Waals surface area contributed by atoms with Crippen LogP contribution < -0.4 is 5.32 Å². The van der Waals surface area contributed by atoms with Gasteiger partial charge in [0.2, 0.25) is 5.91 Å². The second-order valence-corrected chi connectivity index (χ2v) is 2.65. The van der Waals surface area contributed by atoms with E-state index in [-0.39, 0.29) is 18.1 Å². The SMILES string of the molecule is CC(=O)Nc1ncncc1CC(=O)O. The Balaban J connectivity index is 2.90. The van der Waals surface area contributed by atoms with Crippen LogP contribution in [0.4, 0.5) is 5.82 Å². The number of aromatic nitrogens is 2. The first-order valence-electron chi connectivity index (χ1n) is 3.88. The molecule has 0 saturated carbocycles. The van der Waals surface area contributed by atoms with Crippen molar-refractivity contribution in [2.24, 2.45) is 0 Å². The molecule has 0 aliphatic rings. The van der Waals surface area contributed by atoms with Crippen molar-refractivity contribution < 1.29 is 14.7 Å². The van der Waals surface area contributed by atoms with E-state index < -0.39 is 5.97 Å². The van der Waals surface area contributed by atoms with Gasteiger partial charge in [0.15, 0.2) is 0 Å². The number of carboxylic acid groups (broad SMARTS) is 1. The van der Waals surface area contributed by atoms with Gasteiger partial charge in [-0.3, -0.25) is 9.59 Å². The maximum Gasteiger partial charge on any atom is 0.308 e. The van der Waals surface area contributed by atoms with Crippen LogP contribution in [0.2, 0.25) is 0 Å². The molecule has 0 bridgehead atoms. The van der Waals surface area contributed by atoms with E-state index in [9.17, 15) is 9.59 Å². The smallest absolute Gasteiger partial charge is 0.308 e. The van der Waals surface area contributed by atoms with Crippen LogP contribution in [0.3, 0.4) is 0 Å². The Morgan fingerprint density at radius 1 is 1.57 bits per heavy atom. The van der Waals surface area contributed by atoms with Crippen molar-refractivity contribution >= 4 is 17.7 Å². The van der Waals surface area contributed by atoms with E-state index in [1.165, 1.54) is 19.4 Å². The average Bonchev–Trinajstić information content (AvgIpc) is 2.06. The van der Waals surface area contributed by atoms with E-state index in [0.29, 0.717) is 5.56 Å². The van der Waals surface area contributed by atoms with Crippen LogP contribution in [0.15, 0.2) is 12.5 Å². The number of amides is 1. The molecule has 0 aliphatic heterocycles. The van der Waals surface area contributed by atoms with Crippen LogP contribution in [0.25, 0.3) is 0 Å². The molecule has 14 heavy (non-hydrogen) atoms. The van der Waals surface area contributed by atoms with Gasteiger partial charge in [0.25, 0.3) is 0 Å². The summed E-state index contributed by atoms with van der Waals surface area (Å²) in [4.78, 5) is 28.6. The summed E-state index contributed by atoms with van der Waals surface area (Å²) in [5.74, 6) is -1.04. The number of anilines is 1. The number of carbonyl (C=O) groups excluding carboxylic acids is 1. The van der Waals surface area contributed by atoms with Crippen LogP contribution in [0.1, 0.15) is 12.5 Å². The van der Waals surface area contributed by atoms with Crippen molar-refractivity contribution in [3.63, 3.8) is 0 Å². The molecular formula is C8H9N3O3. The third kappa shape index (κ3) is 2.81. The van der Waals surface area contributed by atoms with Gasteiger partial charge in [-0.2, -0.15) is 0 Å². The van der Waals surface area contributed by atoms with Gasteiger partial charge in [-0.05, 0) is 0 Å². The lowest BCUT2D eigenvalue weighted by Gasteiger charge is -2.04. The van der Waals surface area contributed by atoms with Crippen molar-refractivity contribution in [3.8, 4) is 0 Å².